The first-order valence-corrected chi connectivity index (χ1v) is 14.9. The number of rotatable bonds is 18. The number of carbonyl (C=O) groups excluding carboxylic acids is 4. The molecule has 1 heterocycles. The summed E-state index contributed by atoms with van der Waals surface area (Å²) in [5, 5.41) is 37.9. The van der Waals surface area contributed by atoms with E-state index >= 15 is 0 Å². The second-order valence-electron chi connectivity index (χ2n) is 9.87. The average molecular weight is 636 g/mol. The zero-order valence-electron chi connectivity index (χ0n) is 24.1. The molecule has 240 valence electrons. The van der Waals surface area contributed by atoms with Gasteiger partial charge >= 0.3 is 11.9 Å². The van der Waals surface area contributed by atoms with Gasteiger partial charge < -0.3 is 47.3 Å². The fourth-order valence-electron chi connectivity index (χ4n) is 3.90. The Morgan fingerprint density at radius 3 is 2.07 bits per heavy atom. The van der Waals surface area contributed by atoms with E-state index in [-0.39, 0.29) is 25.0 Å². The number of carboxylic acid groups (broad SMARTS) is 2. The highest BCUT2D eigenvalue weighted by Gasteiger charge is 2.31. The maximum atomic E-state index is 13.2. The van der Waals surface area contributed by atoms with Crippen molar-refractivity contribution in [3.8, 4) is 5.75 Å². The van der Waals surface area contributed by atoms with Gasteiger partial charge in [0.1, 0.15) is 29.9 Å². The molecule has 1 aromatic carbocycles. The maximum Gasteiger partial charge on any atom is 0.326 e. The Hall–Kier alpha value is -4.64. The van der Waals surface area contributed by atoms with Crippen LogP contribution in [-0.4, -0.2) is 103 Å². The molecule has 10 N–H and O–H groups in total. The van der Waals surface area contributed by atoms with Crippen molar-refractivity contribution in [2.45, 2.75) is 62.8 Å². The van der Waals surface area contributed by atoms with Crippen molar-refractivity contribution in [3.05, 3.63) is 48.0 Å². The summed E-state index contributed by atoms with van der Waals surface area (Å²) in [7, 11) is 0. The number of aromatic hydroxyl groups is 1. The number of amides is 4. The van der Waals surface area contributed by atoms with E-state index in [1.54, 1.807) is 6.26 Å². The van der Waals surface area contributed by atoms with E-state index in [1.807, 2.05) is 0 Å². The Bertz CT molecular complexity index is 1290. The van der Waals surface area contributed by atoms with Crippen molar-refractivity contribution >= 4 is 47.3 Å². The third kappa shape index (κ3) is 11.9. The van der Waals surface area contributed by atoms with Gasteiger partial charge in [-0.2, -0.15) is 11.8 Å². The number of nitrogens with one attached hydrogen (secondary N) is 5. The van der Waals surface area contributed by atoms with E-state index in [1.165, 1.54) is 55.5 Å². The number of imidazole rings is 1. The fraction of sp³-hybridized carbons (Fsp3) is 0.444. The molecule has 5 atom stereocenters. The predicted molar refractivity (Wildman–Crippen MR) is 158 cm³/mol. The van der Waals surface area contributed by atoms with Crippen molar-refractivity contribution in [3.63, 3.8) is 0 Å². The number of aliphatic carboxylic acids is 2. The van der Waals surface area contributed by atoms with Gasteiger partial charge in [0.25, 0.3) is 0 Å². The lowest BCUT2D eigenvalue weighted by Crippen LogP contribution is -2.58. The number of hydrogen-bond acceptors (Lipinski definition) is 10. The van der Waals surface area contributed by atoms with Gasteiger partial charge in [-0.15, -0.1) is 0 Å². The number of carboxylic acids is 2. The molecule has 2 aromatic rings. The number of hydrogen-bond donors (Lipinski definition) is 9. The van der Waals surface area contributed by atoms with Crippen LogP contribution in [-0.2, 0) is 41.6 Å². The number of nitrogens with zero attached hydrogens (tertiary/aromatic N) is 1. The summed E-state index contributed by atoms with van der Waals surface area (Å²) >= 11 is 1.41. The van der Waals surface area contributed by atoms with Gasteiger partial charge in [-0.25, -0.2) is 9.78 Å². The second kappa shape index (κ2) is 17.5. The van der Waals surface area contributed by atoms with Crippen LogP contribution in [0.3, 0.4) is 0 Å². The molecule has 0 fully saturated rings. The summed E-state index contributed by atoms with van der Waals surface area (Å²) in [5.41, 5.74) is 6.58. The molecule has 2 rings (SSSR count). The van der Waals surface area contributed by atoms with Gasteiger partial charge in [-0.1, -0.05) is 12.1 Å². The molecule has 0 saturated heterocycles. The van der Waals surface area contributed by atoms with Crippen LogP contribution >= 0.6 is 11.8 Å². The summed E-state index contributed by atoms with van der Waals surface area (Å²) in [6.45, 7) is 1.35. The summed E-state index contributed by atoms with van der Waals surface area (Å²) in [5.74, 6) is -5.37. The molecule has 0 bridgehead atoms. The van der Waals surface area contributed by atoms with E-state index in [0.717, 1.165) is 0 Å². The van der Waals surface area contributed by atoms with Crippen LogP contribution in [0.1, 0.15) is 31.0 Å². The zero-order valence-corrected chi connectivity index (χ0v) is 24.9. The van der Waals surface area contributed by atoms with Crippen LogP contribution in [0, 0.1) is 0 Å². The van der Waals surface area contributed by atoms with Crippen LogP contribution < -0.4 is 27.0 Å². The van der Waals surface area contributed by atoms with E-state index in [2.05, 4.69) is 31.2 Å². The predicted octanol–water partition coefficient (Wildman–Crippen LogP) is -1.50. The molecule has 0 unspecified atom stereocenters. The van der Waals surface area contributed by atoms with E-state index in [0.29, 0.717) is 17.0 Å². The molecule has 17 heteroatoms. The highest BCUT2D eigenvalue weighted by atomic mass is 32.2. The molecular weight excluding hydrogens is 598 g/mol. The minimum absolute atomic E-state index is 0.0246. The Labute approximate surface area is 257 Å². The van der Waals surface area contributed by atoms with Gasteiger partial charge in [0.15, 0.2) is 0 Å². The average Bonchev–Trinajstić information content (AvgIpc) is 3.48. The first kappa shape index (κ1) is 35.6. The number of aromatic amines is 1. The van der Waals surface area contributed by atoms with Crippen molar-refractivity contribution < 1.29 is 44.1 Å². The Morgan fingerprint density at radius 1 is 0.886 bits per heavy atom. The molecule has 16 nitrogen and oxygen atoms in total. The zero-order chi connectivity index (χ0) is 32.8. The molecule has 0 radical (unpaired) electrons. The van der Waals surface area contributed by atoms with Crippen LogP contribution in [0.15, 0.2) is 36.8 Å². The summed E-state index contributed by atoms with van der Waals surface area (Å²) in [6.07, 6.45) is 3.97. The minimum Gasteiger partial charge on any atom is -0.508 e. The first-order valence-electron chi connectivity index (χ1n) is 13.5. The number of benzene rings is 1. The number of nitrogens with two attached hydrogens (primary N) is 1. The molecular formula is C27H37N7O9S. The molecule has 44 heavy (non-hydrogen) atoms. The lowest BCUT2D eigenvalue weighted by atomic mass is 10.0. The quantitative estimate of drug-likeness (QED) is 0.0906. The minimum atomic E-state index is -1.44. The third-order valence-electron chi connectivity index (χ3n) is 6.32. The second-order valence-corrected chi connectivity index (χ2v) is 10.9. The molecule has 0 spiro atoms. The van der Waals surface area contributed by atoms with Gasteiger partial charge in [0.05, 0.1) is 24.5 Å². The SMILES string of the molecule is CSCC[C@H](NC(=O)[C@H](C)NC(=O)[C@H](Cc1ccc(O)cc1)NC(=O)[C@@H](N)CC(=O)O)C(=O)N[C@@H](Cc1c[nH]cn1)C(=O)O. The number of thioether (sulfide) groups is 1. The van der Waals surface area contributed by atoms with Gasteiger partial charge in [0.2, 0.25) is 23.6 Å². The first-order chi connectivity index (χ1) is 20.8. The molecule has 0 aliphatic carbocycles. The number of aromatic nitrogens is 2. The van der Waals surface area contributed by atoms with Gasteiger partial charge in [-0.3, -0.25) is 24.0 Å². The van der Waals surface area contributed by atoms with Gasteiger partial charge in [-0.05, 0) is 43.0 Å². The largest absolute Gasteiger partial charge is 0.508 e. The Morgan fingerprint density at radius 2 is 1.50 bits per heavy atom. The number of phenols is 1. The molecule has 0 saturated carbocycles. The smallest absolute Gasteiger partial charge is 0.326 e. The number of carbonyl (C=O) groups is 6. The highest BCUT2D eigenvalue weighted by molar-refractivity contribution is 7.98. The van der Waals surface area contributed by atoms with Crippen LogP contribution in [0.2, 0.25) is 0 Å². The standard InChI is InChI=1S/C27H37N7O9S/c1-14(23(38)32-19(7-8-44-2)25(40)34-21(27(42)43)10-16-12-29-13-30-16)31-26(41)20(9-15-3-5-17(35)6-4-15)33-24(39)18(28)11-22(36)37/h3-6,12-14,18-21,35H,7-11,28H2,1-2H3,(H,29,30)(H,31,41)(H,32,38)(H,33,39)(H,34,40)(H,36,37)(H,42,43)/t14-,18-,19-,20-,21-/m0/s1. The summed E-state index contributed by atoms with van der Waals surface area (Å²) < 4.78 is 0. The van der Waals surface area contributed by atoms with Crippen LogP contribution in [0.5, 0.6) is 5.75 Å². The van der Waals surface area contributed by atoms with Crippen molar-refractivity contribution in [1.29, 1.82) is 0 Å². The van der Waals surface area contributed by atoms with E-state index in [9.17, 15) is 39.0 Å². The monoisotopic (exact) mass is 635 g/mol. The summed E-state index contributed by atoms with van der Waals surface area (Å²) in [6, 6.07) is -0.591. The Kier molecular flexibility index (Phi) is 14.1. The fourth-order valence-corrected chi connectivity index (χ4v) is 4.37. The van der Waals surface area contributed by atoms with E-state index < -0.39 is 72.2 Å². The van der Waals surface area contributed by atoms with Crippen molar-refractivity contribution in [1.82, 2.24) is 31.2 Å². The van der Waals surface area contributed by atoms with Crippen LogP contribution in [0.25, 0.3) is 0 Å². The van der Waals surface area contributed by atoms with Crippen molar-refractivity contribution in [2.75, 3.05) is 12.0 Å². The molecule has 0 aliphatic rings. The number of H-pyrrole nitrogens is 1. The van der Waals surface area contributed by atoms with Gasteiger partial charge in [0, 0.05) is 19.0 Å². The molecule has 1 aromatic heterocycles. The highest BCUT2D eigenvalue weighted by Crippen LogP contribution is 2.12. The van der Waals surface area contributed by atoms with Crippen molar-refractivity contribution in [2.24, 2.45) is 5.73 Å². The lowest BCUT2D eigenvalue weighted by molar-refractivity contribution is -0.142. The third-order valence-corrected chi connectivity index (χ3v) is 6.96. The topological polar surface area (TPSA) is 266 Å². The van der Waals surface area contributed by atoms with E-state index in [4.69, 9.17) is 10.8 Å². The maximum absolute atomic E-state index is 13.2. The summed E-state index contributed by atoms with van der Waals surface area (Å²) in [4.78, 5) is 81.2. The Balaban J connectivity index is 2.12. The van der Waals surface area contributed by atoms with Crippen LogP contribution in [0.4, 0.5) is 0 Å². The lowest BCUT2D eigenvalue weighted by Gasteiger charge is -2.25. The normalized spacial score (nSPS) is 14.2. The molecule has 4 amide bonds. The number of phenolic OH excluding ortho intramolecular Hbond substituents is 1. The molecule has 0 aliphatic heterocycles.